The highest BCUT2D eigenvalue weighted by molar-refractivity contribution is 7.10. The molecule has 1 aromatic heterocycles. The van der Waals surface area contributed by atoms with E-state index in [9.17, 15) is 19.5 Å². The van der Waals surface area contributed by atoms with E-state index in [0.29, 0.717) is 17.5 Å². The lowest BCUT2D eigenvalue weighted by atomic mass is 9.84. The number of ketones is 1. The number of rotatable bonds is 2. The molecule has 0 bridgehead atoms. The fourth-order valence-electron chi connectivity index (χ4n) is 3.47. The predicted molar refractivity (Wildman–Crippen MR) is 98.9 cm³/mol. The molecule has 1 aliphatic heterocycles. The molecule has 1 aromatic carbocycles. The Morgan fingerprint density at radius 2 is 1.92 bits per heavy atom. The molecule has 1 unspecified atom stereocenters. The second-order valence-corrected chi connectivity index (χ2v) is 8.11. The highest BCUT2D eigenvalue weighted by atomic mass is 35.5. The molecule has 2 aromatic rings. The van der Waals surface area contributed by atoms with Gasteiger partial charge in [0.2, 0.25) is 0 Å². The molecule has 0 saturated carbocycles. The second kappa shape index (κ2) is 5.67. The zero-order valence-electron chi connectivity index (χ0n) is 13.4. The number of carbonyl (C=O) groups is 3. The third-order valence-electron chi connectivity index (χ3n) is 4.80. The summed E-state index contributed by atoms with van der Waals surface area (Å²) < 4.78 is 0. The van der Waals surface area contributed by atoms with Gasteiger partial charge in [0, 0.05) is 16.0 Å². The van der Waals surface area contributed by atoms with Crippen molar-refractivity contribution in [2.24, 2.45) is 0 Å². The smallest absolute Gasteiger partial charge is 0.293 e. The Morgan fingerprint density at radius 3 is 2.50 bits per heavy atom. The van der Waals surface area contributed by atoms with Gasteiger partial charge in [-0.05, 0) is 36.4 Å². The number of carbonyl (C=O) groups excluding carboxylic acids is 3. The Balaban J connectivity index is 1.92. The van der Waals surface area contributed by atoms with Crippen LogP contribution in [0.4, 0.5) is 0 Å². The summed E-state index contributed by atoms with van der Waals surface area (Å²) in [7, 11) is 0. The lowest BCUT2D eigenvalue weighted by Gasteiger charge is -2.19. The Morgan fingerprint density at radius 1 is 1.19 bits per heavy atom. The summed E-state index contributed by atoms with van der Waals surface area (Å²) in [5, 5.41) is 13.8. The first-order valence-corrected chi connectivity index (χ1v) is 9.28. The van der Waals surface area contributed by atoms with Gasteiger partial charge in [-0.3, -0.25) is 19.7 Å². The second-order valence-electron chi connectivity index (χ2n) is 6.41. The summed E-state index contributed by atoms with van der Waals surface area (Å²) in [6.07, 6.45) is 0.384. The minimum atomic E-state index is -0.891. The molecule has 2 heterocycles. The van der Waals surface area contributed by atoms with E-state index in [0.717, 1.165) is 4.88 Å². The summed E-state index contributed by atoms with van der Waals surface area (Å²) in [5.74, 6) is -2.50. The van der Waals surface area contributed by atoms with E-state index in [2.05, 4.69) is 0 Å². The van der Waals surface area contributed by atoms with Gasteiger partial charge in [-0.15, -0.1) is 11.3 Å². The van der Waals surface area contributed by atoms with Gasteiger partial charge in [0.05, 0.1) is 21.0 Å². The SMILES string of the molecule is CC1(c2cccs2)Cc2cc(C3=C(O)C(=O)NC3=O)c(Cl)c(Cl)c2C1=O. The van der Waals surface area contributed by atoms with Gasteiger partial charge in [-0.2, -0.15) is 0 Å². The van der Waals surface area contributed by atoms with Crippen LogP contribution in [0.1, 0.15) is 33.3 Å². The van der Waals surface area contributed by atoms with Crippen molar-refractivity contribution in [3.05, 3.63) is 61.0 Å². The molecule has 8 heteroatoms. The number of Topliss-reactive ketones (excluding diaryl/α,β-unsaturated/α-hetero) is 1. The van der Waals surface area contributed by atoms with Gasteiger partial charge in [0.25, 0.3) is 11.8 Å². The van der Waals surface area contributed by atoms with Crippen LogP contribution in [0.25, 0.3) is 5.57 Å². The predicted octanol–water partition coefficient (Wildman–Crippen LogP) is 3.68. The topological polar surface area (TPSA) is 83.5 Å². The van der Waals surface area contributed by atoms with Crippen LogP contribution in [0.2, 0.25) is 10.0 Å². The first kappa shape index (κ1) is 17.3. The molecule has 2 N–H and O–H groups in total. The van der Waals surface area contributed by atoms with Gasteiger partial charge in [0.1, 0.15) is 0 Å². The third-order valence-corrected chi connectivity index (χ3v) is 6.80. The molecule has 0 fully saturated rings. The Labute approximate surface area is 162 Å². The van der Waals surface area contributed by atoms with Gasteiger partial charge in [-0.25, -0.2) is 0 Å². The fraction of sp³-hybridized carbons (Fsp3) is 0.167. The van der Waals surface area contributed by atoms with E-state index in [4.69, 9.17) is 23.2 Å². The summed E-state index contributed by atoms with van der Waals surface area (Å²) in [4.78, 5) is 37.5. The van der Waals surface area contributed by atoms with Gasteiger partial charge >= 0.3 is 0 Å². The Bertz CT molecular complexity index is 1040. The number of nitrogens with one attached hydrogen (secondary N) is 1. The normalized spacial score (nSPS) is 22.2. The summed E-state index contributed by atoms with van der Waals surface area (Å²) in [6.45, 7) is 1.84. The molecule has 0 radical (unpaired) electrons. The number of halogens is 2. The molecule has 1 atom stereocenters. The average Bonchev–Trinajstić information content (AvgIpc) is 3.26. The maximum absolute atomic E-state index is 13.1. The maximum atomic E-state index is 13.1. The van der Waals surface area contributed by atoms with Crippen molar-refractivity contribution in [2.75, 3.05) is 0 Å². The number of amides is 2. The van der Waals surface area contributed by atoms with Gasteiger partial charge in [0.15, 0.2) is 11.5 Å². The molecule has 0 saturated heterocycles. The molecular formula is C18H11Cl2NO4S. The minimum absolute atomic E-state index is 0.0249. The van der Waals surface area contributed by atoms with Crippen LogP contribution in [0, 0.1) is 0 Å². The maximum Gasteiger partial charge on any atom is 0.293 e. The summed E-state index contributed by atoms with van der Waals surface area (Å²) >= 11 is 14.1. The number of hydrogen-bond acceptors (Lipinski definition) is 5. The molecule has 132 valence electrons. The molecule has 1 aliphatic carbocycles. The van der Waals surface area contributed by atoms with E-state index in [1.807, 2.05) is 29.8 Å². The molecule has 26 heavy (non-hydrogen) atoms. The van der Waals surface area contributed by atoms with Gasteiger partial charge < -0.3 is 5.11 Å². The van der Waals surface area contributed by atoms with Crippen molar-refractivity contribution in [3.63, 3.8) is 0 Å². The van der Waals surface area contributed by atoms with Crippen molar-refractivity contribution >= 4 is 57.7 Å². The quantitative estimate of drug-likeness (QED) is 0.743. The van der Waals surface area contributed by atoms with Crippen LogP contribution in [0.15, 0.2) is 29.3 Å². The van der Waals surface area contributed by atoms with Crippen molar-refractivity contribution in [3.8, 4) is 0 Å². The van der Waals surface area contributed by atoms with Crippen molar-refractivity contribution in [1.82, 2.24) is 5.32 Å². The lowest BCUT2D eigenvalue weighted by Crippen LogP contribution is -2.28. The van der Waals surface area contributed by atoms with E-state index in [-0.39, 0.29) is 27.0 Å². The lowest BCUT2D eigenvalue weighted by molar-refractivity contribution is -0.124. The summed E-state index contributed by atoms with van der Waals surface area (Å²) in [5.41, 5.74) is 0.0805. The average molecular weight is 408 g/mol. The number of thiophene rings is 1. The van der Waals surface area contributed by atoms with Gasteiger partial charge in [-0.1, -0.05) is 29.3 Å². The zero-order chi connectivity index (χ0) is 18.8. The minimum Gasteiger partial charge on any atom is -0.502 e. The molecule has 5 nitrogen and oxygen atoms in total. The Kier molecular flexibility index (Phi) is 3.77. The molecule has 0 spiro atoms. The number of benzene rings is 1. The molecule has 2 aliphatic rings. The van der Waals surface area contributed by atoms with E-state index in [1.165, 1.54) is 11.3 Å². The number of fused-ring (bicyclic) bond motifs is 1. The fourth-order valence-corrected chi connectivity index (χ4v) is 4.91. The number of aliphatic hydroxyl groups excluding tert-OH is 1. The van der Waals surface area contributed by atoms with Crippen LogP contribution in [-0.4, -0.2) is 22.7 Å². The van der Waals surface area contributed by atoms with Crippen molar-refractivity contribution in [2.45, 2.75) is 18.8 Å². The van der Waals surface area contributed by atoms with E-state index < -0.39 is 23.0 Å². The Hall–Kier alpha value is -2.15. The number of imide groups is 1. The van der Waals surface area contributed by atoms with Crippen LogP contribution < -0.4 is 5.32 Å². The molecular weight excluding hydrogens is 397 g/mol. The van der Waals surface area contributed by atoms with Crippen LogP contribution in [-0.2, 0) is 21.4 Å². The van der Waals surface area contributed by atoms with Crippen LogP contribution >= 0.6 is 34.5 Å². The first-order valence-electron chi connectivity index (χ1n) is 7.64. The van der Waals surface area contributed by atoms with Crippen LogP contribution in [0.3, 0.4) is 0 Å². The molecule has 4 rings (SSSR count). The monoisotopic (exact) mass is 407 g/mol. The summed E-state index contributed by atoms with van der Waals surface area (Å²) in [6, 6.07) is 5.32. The highest BCUT2D eigenvalue weighted by Gasteiger charge is 2.46. The largest absolute Gasteiger partial charge is 0.502 e. The zero-order valence-corrected chi connectivity index (χ0v) is 15.7. The van der Waals surface area contributed by atoms with E-state index >= 15 is 0 Å². The van der Waals surface area contributed by atoms with E-state index in [1.54, 1.807) is 6.07 Å². The number of aliphatic hydroxyl groups is 1. The van der Waals surface area contributed by atoms with Crippen molar-refractivity contribution < 1.29 is 19.5 Å². The third kappa shape index (κ3) is 2.19. The first-order chi connectivity index (χ1) is 12.3. The number of hydrogen-bond donors (Lipinski definition) is 2. The highest BCUT2D eigenvalue weighted by Crippen LogP contribution is 2.47. The van der Waals surface area contributed by atoms with Crippen molar-refractivity contribution in [1.29, 1.82) is 0 Å². The van der Waals surface area contributed by atoms with Crippen LogP contribution in [0.5, 0.6) is 0 Å². The molecule has 2 amide bonds. The standard InChI is InChI=1S/C18H11Cl2NO4S/c1-18(9-3-2-4-26-9)6-7-5-8(11-14(22)17(25)21-16(11)24)12(19)13(20)10(7)15(18)23/h2-5H,6H2,1H3,(H2,21,22,24,25).